The summed E-state index contributed by atoms with van der Waals surface area (Å²) < 4.78 is 5.80. The SMILES string of the molecule is Cc1ccc([C@@H](NC(=O)CN2CCO[C@H](CN(C)C)C2)C2CC2)cc1. The molecule has 0 bridgehead atoms. The zero-order valence-corrected chi connectivity index (χ0v) is 15.7. The second-order valence-corrected chi connectivity index (χ2v) is 7.78. The number of likely N-dealkylation sites (N-methyl/N-ethyl adjacent to an activating group) is 1. The topological polar surface area (TPSA) is 44.8 Å². The number of hydrogen-bond acceptors (Lipinski definition) is 4. The third-order valence-corrected chi connectivity index (χ3v) is 5.01. The molecule has 1 N–H and O–H groups in total. The van der Waals surface area contributed by atoms with Crippen LogP contribution in [-0.2, 0) is 9.53 Å². The van der Waals surface area contributed by atoms with Gasteiger partial charge in [0.05, 0.1) is 25.3 Å². The summed E-state index contributed by atoms with van der Waals surface area (Å²) in [4.78, 5) is 17.0. The number of ether oxygens (including phenoxy) is 1. The predicted molar refractivity (Wildman–Crippen MR) is 99.5 cm³/mol. The van der Waals surface area contributed by atoms with Gasteiger partial charge in [0.1, 0.15) is 0 Å². The third kappa shape index (κ3) is 5.53. The molecule has 0 aromatic heterocycles. The fourth-order valence-corrected chi connectivity index (χ4v) is 3.54. The summed E-state index contributed by atoms with van der Waals surface area (Å²) in [6.07, 6.45) is 2.61. The average molecular weight is 345 g/mol. The van der Waals surface area contributed by atoms with E-state index in [9.17, 15) is 4.79 Å². The number of nitrogens with one attached hydrogen (secondary N) is 1. The molecule has 1 aromatic carbocycles. The Morgan fingerprint density at radius 1 is 1.32 bits per heavy atom. The van der Waals surface area contributed by atoms with E-state index in [-0.39, 0.29) is 18.1 Å². The molecule has 0 unspecified atom stereocenters. The fraction of sp³-hybridized carbons (Fsp3) is 0.650. The second-order valence-electron chi connectivity index (χ2n) is 7.78. The molecular weight excluding hydrogens is 314 g/mol. The Bertz CT molecular complexity index is 569. The van der Waals surface area contributed by atoms with Gasteiger partial charge in [-0.3, -0.25) is 9.69 Å². The number of carbonyl (C=O) groups is 1. The number of hydrogen-bond donors (Lipinski definition) is 1. The highest BCUT2D eigenvalue weighted by molar-refractivity contribution is 5.78. The summed E-state index contributed by atoms with van der Waals surface area (Å²) >= 11 is 0. The quantitative estimate of drug-likeness (QED) is 0.819. The summed E-state index contributed by atoms with van der Waals surface area (Å²) in [6.45, 7) is 5.81. The largest absolute Gasteiger partial charge is 0.374 e. The first kappa shape index (κ1) is 18.4. The number of rotatable bonds is 7. The fourth-order valence-electron chi connectivity index (χ4n) is 3.54. The summed E-state index contributed by atoms with van der Waals surface area (Å²) in [6, 6.07) is 8.72. The molecule has 1 heterocycles. The average Bonchev–Trinajstić information content (AvgIpc) is 3.38. The lowest BCUT2D eigenvalue weighted by Gasteiger charge is -2.34. The summed E-state index contributed by atoms with van der Waals surface area (Å²) in [5.74, 6) is 0.723. The van der Waals surface area contributed by atoms with E-state index in [0.717, 1.165) is 19.6 Å². The van der Waals surface area contributed by atoms with E-state index in [1.54, 1.807) is 0 Å². The van der Waals surface area contributed by atoms with E-state index in [1.165, 1.54) is 24.0 Å². The monoisotopic (exact) mass is 345 g/mol. The maximum absolute atomic E-state index is 12.6. The third-order valence-electron chi connectivity index (χ3n) is 5.01. The smallest absolute Gasteiger partial charge is 0.234 e. The van der Waals surface area contributed by atoms with E-state index < -0.39 is 0 Å². The van der Waals surface area contributed by atoms with Crippen LogP contribution in [0, 0.1) is 12.8 Å². The van der Waals surface area contributed by atoms with E-state index in [2.05, 4.69) is 60.4 Å². The second kappa shape index (κ2) is 8.30. The van der Waals surface area contributed by atoms with Crippen molar-refractivity contribution in [3.8, 4) is 0 Å². The first-order valence-corrected chi connectivity index (χ1v) is 9.36. The lowest BCUT2D eigenvalue weighted by Crippen LogP contribution is -2.49. The lowest BCUT2D eigenvalue weighted by atomic mass is 10.0. The van der Waals surface area contributed by atoms with Crippen LogP contribution in [0.15, 0.2) is 24.3 Å². The number of benzene rings is 1. The normalized spacial score (nSPS) is 22.8. The molecule has 3 rings (SSSR count). The minimum absolute atomic E-state index is 0.128. The zero-order valence-electron chi connectivity index (χ0n) is 15.7. The van der Waals surface area contributed by atoms with Crippen molar-refractivity contribution in [2.75, 3.05) is 46.9 Å². The van der Waals surface area contributed by atoms with Crippen molar-refractivity contribution >= 4 is 5.91 Å². The number of aryl methyl sites for hydroxylation is 1. The van der Waals surface area contributed by atoms with Gasteiger partial charge in [0.15, 0.2) is 0 Å². The molecule has 1 aliphatic heterocycles. The molecule has 0 spiro atoms. The highest BCUT2D eigenvalue weighted by Gasteiger charge is 2.33. The highest BCUT2D eigenvalue weighted by atomic mass is 16.5. The molecule has 25 heavy (non-hydrogen) atoms. The van der Waals surface area contributed by atoms with Crippen molar-refractivity contribution in [3.05, 3.63) is 35.4 Å². The van der Waals surface area contributed by atoms with Crippen LogP contribution in [0.25, 0.3) is 0 Å². The maximum atomic E-state index is 12.6. The number of nitrogens with zero attached hydrogens (tertiary/aromatic N) is 2. The minimum atomic E-state index is 0.128. The van der Waals surface area contributed by atoms with Gasteiger partial charge in [0, 0.05) is 19.6 Å². The molecular formula is C20H31N3O2. The predicted octanol–water partition coefficient (Wildman–Crippen LogP) is 1.82. The van der Waals surface area contributed by atoms with Crippen LogP contribution in [0.1, 0.15) is 30.0 Å². The van der Waals surface area contributed by atoms with Gasteiger partial charge in [-0.2, -0.15) is 0 Å². The van der Waals surface area contributed by atoms with Crippen molar-refractivity contribution in [2.24, 2.45) is 5.92 Å². The van der Waals surface area contributed by atoms with E-state index >= 15 is 0 Å². The Labute approximate surface area is 151 Å². The summed E-state index contributed by atoms with van der Waals surface area (Å²) in [7, 11) is 4.10. The standard InChI is InChI=1S/C20H31N3O2/c1-15-4-6-16(7-5-15)20(17-8-9-17)21-19(24)14-23-10-11-25-18(13-23)12-22(2)3/h4-7,17-18,20H,8-14H2,1-3H3,(H,21,24)/t18-,20-/m1/s1. The summed E-state index contributed by atoms with van der Waals surface area (Å²) in [5.41, 5.74) is 2.48. The molecule has 138 valence electrons. The molecule has 5 heteroatoms. The van der Waals surface area contributed by atoms with Gasteiger partial charge in [-0.25, -0.2) is 0 Å². The van der Waals surface area contributed by atoms with Crippen LogP contribution >= 0.6 is 0 Å². The number of morpholine rings is 1. The summed E-state index contributed by atoms with van der Waals surface area (Å²) in [5, 5.41) is 3.29. The number of amides is 1. The van der Waals surface area contributed by atoms with Gasteiger partial charge in [0.2, 0.25) is 5.91 Å². The van der Waals surface area contributed by atoms with Crippen molar-refractivity contribution in [1.82, 2.24) is 15.1 Å². The highest BCUT2D eigenvalue weighted by Crippen LogP contribution is 2.41. The van der Waals surface area contributed by atoms with Gasteiger partial charge < -0.3 is 15.0 Å². The van der Waals surface area contributed by atoms with Crippen LogP contribution in [-0.4, -0.2) is 68.7 Å². The maximum Gasteiger partial charge on any atom is 0.234 e. The van der Waals surface area contributed by atoms with Gasteiger partial charge in [0.25, 0.3) is 0 Å². The first-order chi connectivity index (χ1) is 12.0. The van der Waals surface area contributed by atoms with Crippen LogP contribution in [0.4, 0.5) is 0 Å². The first-order valence-electron chi connectivity index (χ1n) is 9.36. The van der Waals surface area contributed by atoms with Crippen LogP contribution in [0.2, 0.25) is 0 Å². The number of carbonyl (C=O) groups excluding carboxylic acids is 1. The Morgan fingerprint density at radius 2 is 2.04 bits per heavy atom. The van der Waals surface area contributed by atoms with E-state index in [1.807, 2.05) is 0 Å². The molecule has 1 saturated heterocycles. The van der Waals surface area contributed by atoms with Crippen molar-refractivity contribution < 1.29 is 9.53 Å². The van der Waals surface area contributed by atoms with E-state index in [4.69, 9.17) is 4.74 Å². The Kier molecular flexibility index (Phi) is 6.10. The molecule has 2 atom stereocenters. The Morgan fingerprint density at radius 3 is 2.68 bits per heavy atom. The molecule has 1 aromatic rings. The lowest BCUT2D eigenvalue weighted by molar-refractivity contribution is -0.125. The molecule has 5 nitrogen and oxygen atoms in total. The Hall–Kier alpha value is -1.43. The van der Waals surface area contributed by atoms with Crippen molar-refractivity contribution in [3.63, 3.8) is 0 Å². The van der Waals surface area contributed by atoms with Crippen LogP contribution in [0.5, 0.6) is 0 Å². The molecule has 0 radical (unpaired) electrons. The van der Waals surface area contributed by atoms with Crippen molar-refractivity contribution in [1.29, 1.82) is 0 Å². The van der Waals surface area contributed by atoms with E-state index in [0.29, 0.717) is 19.1 Å². The minimum Gasteiger partial charge on any atom is -0.374 e. The molecule has 2 aliphatic rings. The van der Waals surface area contributed by atoms with Gasteiger partial charge >= 0.3 is 0 Å². The van der Waals surface area contributed by atoms with Gasteiger partial charge in [-0.1, -0.05) is 29.8 Å². The molecule has 2 fully saturated rings. The Balaban J connectivity index is 1.54. The van der Waals surface area contributed by atoms with Gasteiger partial charge in [-0.15, -0.1) is 0 Å². The molecule has 1 aliphatic carbocycles. The molecule has 1 saturated carbocycles. The van der Waals surface area contributed by atoms with Crippen molar-refractivity contribution in [2.45, 2.75) is 31.9 Å². The van der Waals surface area contributed by atoms with Gasteiger partial charge in [-0.05, 0) is 45.3 Å². The molecule has 1 amide bonds. The zero-order chi connectivity index (χ0) is 17.8. The van der Waals surface area contributed by atoms with Crippen LogP contribution < -0.4 is 5.32 Å². The van der Waals surface area contributed by atoms with Crippen LogP contribution in [0.3, 0.4) is 0 Å².